The Hall–Kier alpha value is -0.575. The van der Waals surface area contributed by atoms with E-state index in [1.807, 2.05) is 0 Å². The molecule has 2 heterocycles. The van der Waals surface area contributed by atoms with Crippen molar-refractivity contribution in [3.05, 3.63) is 27.9 Å². The van der Waals surface area contributed by atoms with E-state index in [0.717, 1.165) is 6.42 Å². The average Bonchev–Trinajstić information content (AvgIpc) is 2.92. The Morgan fingerprint density at radius 2 is 1.90 bits per heavy atom. The van der Waals surface area contributed by atoms with Crippen molar-refractivity contribution in [3.8, 4) is 0 Å². The summed E-state index contributed by atoms with van der Waals surface area (Å²) in [7, 11) is -0.214. The summed E-state index contributed by atoms with van der Waals surface area (Å²) in [4.78, 5) is 1.27. The Kier molecular flexibility index (Phi) is 4.78. The standard InChI is InChI=1S/C16H25BO2S/c1-6-7-9-13(12-14-10-8-11-20-14)17-18-15(2,3)16(4,5)19-17/h8,10-12H,6-7,9H2,1-5H3/b13-12+. The molecular formula is C16H25BO2S. The molecule has 0 radical (unpaired) electrons. The second-order valence-corrected chi connectivity index (χ2v) is 7.41. The molecule has 1 fully saturated rings. The first-order valence-electron chi connectivity index (χ1n) is 7.45. The van der Waals surface area contributed by atoms with E-state index in [2.05, 4.69) is 58.2 Å². The molecule has 0 amide bonds. The minimum atomic E-state index is -0.265. The number of unbranched alkanes of at least 4 members (excludes halogenated alkanes) is 1. The van der Waals surface area contributed by atoms with Crippen molar-refractivity contribution in [3.63, 3.8) is 0 Å². The van der Waals surface area contributed by atoms with Crippen LogP contribution in [-0.4, -0.2) is 18.3 Å². The molecule has 0 spiro atoms. The Labute approximate surface area is 127 Å². The van der Waals surface area contributed by atoms with Gasteiger partial charge in [0.2, 0.25) is 0 Å². The second-order valence-electron chi connectivity index (χ2n) is 6.43. The van der Waals surface area contributed by atoms with Crippen LogP contribution in [-0.2, 0) is 9.31 Å². The molecule has 1 aromatic rings. The third-order valence-corrected chi connectivity index (χ3v) is 5.07. The van der Waals surface area contributed by atoms with Gasteiger partial charge in [-0.3, -0.25) is 0 Å². The highest BCUT2D eigenvalue weighted by Gasteiger charge is 2.52. The van der Waals surface area contributed by atoms with Gasteiger partial charge in [-0.2, -0.15) is 0 Å². The van der Waals surface area contributed by atoms with E-state index in [0.29, 0.717) is 0 Å². The minimum Gasteiger partial charge on any atom is -0.400 e. The quantitative estimate of drug-likeness (QED) is 0.715. The van der Waals surface area contributed by atoms with Crippen molar-refractivity contribution in [2.24, 2.45) is 0 Å². The molecule has 2 rings (SSSR count). The first-order valence-corrected chi connectivity index (χ1v) is 8.33. The maximum atomic E-state index is 6.19. The minimum absolute atomic E-state index is 0.214. The van der Waals surface area contributed by atoms with Crippen molar-refractivity contribution in [2.75, 3.05) is 0 Å². The van der Waals surface area contributed by atoms with Crippen LogP contribution in [0.5, 0.6) is 0 Å². The highest BCUT2D eigenvalue weighted by molar-refractivity contribution is 7.10. The van der Waals surface area contributed by atoms with Gasteiger partial charge in [0.15, 0.2) is 0 Å². The summed E-state index contributed by atoms with van der Waals surface area (Å²) in [5, 5.41) is 2.10. The maximum absolute atomic E-state index is 6.19. The third-order valence-electron chi connectivity index (χ3n) is 4.25. The van der Waals surface area contributed by atoms with Crippen molar-refractivity contribution < 1.29 is 9.31 Å². The molecule has 0 N–H and O–H groups in total. The molecule has 4 heteroatoms. The van der Waals surface area contributed by atoms with Gasteiger partial charge in [-0.1, -0.05) is 25.8 Å². The first kappa shape index (κ1) is 15.8. The van der Waals surface area contributed by atoms with Crippen LogP contribution >= 0.6 is 11.3 Å². The number of rotatable bonds is 5. The number of thiophene rings is 1. The van der Waals surface area contributed by atoms with E-state index in [1.54, 1.807) is 11.3 Å². The summed E-state index contributed by atoms with van der Waals surface area (Å²) in [6, 6.07) is 4.22. The SMILES string of the molecule is CCCC/C(=C\c1cccs1)B1OC(C)(C)C(C)(C)O1. The molecule has 1 saturated heterocycles. The predicted octanol–water partition coefficient (Wildman–Crippen LogP) is 4.95. The van der Waals surface area contributed by atoms with Gasteiger partial charge in [-0.15, -0.1) is 11.3 Å². The van der Waals surface area contributed by atoms with Crippen molar-refractivity contribution in [1.82, 2.24) is 0 Å². The van der Waals surface area contributed by atoms with Gasteiger partial charge in [0, 0.05) is 4.88 Å². The molecule has 0 bridgehead atoms. The summed E-state index contributed by atoms with van der Waals surface area (Å²) >= 11 is 1.76. The van der Waals surface area contributed by atoms with Crippen molar-refractivity contribution in [2.45, 2.75) is 65.1 Å². The normalized spacial score (nSPS) is 21.4. The van der Waals surface area contributed by atoms with Crippen LogP contribution in [0.3, 0.4) is 0 Å². The molecule has 1 aliphatic rings. The highest BCUT2D eigenvalue weighted by Crippen LogP contribution is 2.39. The van der Waals surface area contributed by atoms with Crippen LogP contribution in [0.15, 0.2) is 23.0 Å². The fourth-order valence-corrected chi connectivity index (χ4v) is 2.88. The Morgan fingerprint density at radius 3 is 2.40 bits per heavy atom. The van der Waals surface area contributed by atoms with Crippen LogP contribution in [0.1, 0.15) is 58.8 Å². The van der Waals surface area contributed by atoms with Gasteiger partial charge in [0.25, 0.3) is 0 Å². The molecule has 0 saturated carbocycles. The zero-order valence-electron chi connectivity index (χ0n) is 13.2. The molecule has 0 atom stereocenters. The van der Waals surface area contributed by atoms with Gasteiger partial charge >= 0.3 is 7.12 Å². The highest BCUT2D eigenvalue weighted by atomic mass is 32.1. The zero-order valence-corrected chi connectivity index (χ0v) is 14.0. The number of hydrogen-bond donors (Lipinski definition) is 0. The molecule has 0 unspecified atom stereocenters. The summed E-state index contributed by atoms with van der Waals surface area (Å²) in [5.41, 5.74) is 0.726. The molecule has 1 aliphatic heterocycles. The molecule has 1 aromatic heterocycles. The topological polar surface area (TPSA) is 18.5 Å². The number of allylic oxidation sites excluding steroid dienone is 1. The van der Waals surface area contributed by atoms with Crippen molar-refractivity contribution in [1.29, 1.82) is 0 Å². The van der Waals surface area contributed by atoms with Crippen LogP contribution in [0.2, 0.25) is 0 Å². The van der Waals surface area contributed by atoms with E-state index < -0.39 is 0 Å². The van der Waals surface area contributed by atoms with E-state index in [4.69, 9.17) is 9.31 Å². The fraction of sp³-hybridized carbons (Fsp3) is 0.625. The lowest BCUT2D eigenvalue weighted by molar-refractivity contribution is 0.00578. The molecule has 20 heavy (non-hydrogen) atoms. The second kappa shape index (κ2) is 6.04. The lowest BCUT2D eigenvalue weighted by atomic mass is 9.75. The Balaban J connectivity index is 2.21. The molecule has 0 aromatic carbocycles. The van der Waals surface area contributed by atoms with Crippen LogP contribution in [0, 0.1) is 0 Å². The van der Waals surface area contributed by atoms with Crippen LogP contribution in [0.4, 0.5) is 0 Å². The largest absolute Gasteiger partial charge is 0.490 e. The lowest BCUT2D eigenvalue weighted by Gasteiger charge is -2.32. The van der Waals surface area contributed by atoms with Crippen LogP contribution < -0.4 is 0 Å². The third kappa shape index (κ3) is 3.36. The van der Waals surface area contributed by atoms with Gasteiger partial charge in [0.05, 0.1) is 11.2 Å². The molecule has 110 valence electrons. The van der Waals surface area contributed by atoms with Gasteiger partial charge < -0.3 is 9.31 Å². The zero-order chi connectivity index (χ0) is 14.8. The summed E-state index contributed by atoms with van der Waals surface area (Å²) in [6.07, 6.45) is 5.62. The smallest absolute Gasteiger partial charge is 0.400 e. The monoisotopic (exact) mass is 292 g/mol. The van der Waals surface area contributed by atoms with Gasteiger partial charge in [0.1, 0.15) is 0 Å². The molecule has 2 nitrogen and oxygen atoms in total. The molecular weight excluding hydrogens is 267 g/mol. The summed E-state index contributed by atoms with van der Waals surface area (Å²) in [6.45, 7) is 10.6. The Morgan fingerprint density at radius 1 is 1.25 bits per heavy atom. The lowest BCUT2D eigenvalue weighted by Crippen LogP contribution is -2.41. The predicted molar refractivity (Wildman–Crippen MR) is 87.9 cm³/mol. The summed E-state index contributed by atoms with van der Waals surface area (Å²) < 4.78 is 12.4. The van der Waals surface area contributed by atoms with E-state index in [1.165, 1.54) is 23.2 Å². The fourth-order valence-electron chi connectivity index (χ4n) is 2.19. The average molecular weight is 292 g/mol. The van der Waals surface area contributed by atoms with Crippen molar-refractivity contribution >= 4 is 24.5 Å². The van der Waals surface area contributed by atoms with Gasteiger partial charge in [-0.05, 0) is 57.1 Å². The van der Waals surface area contributed by atoms with E-state index in [9.17, 15) is 0 Å². The van der Waals surface area contributed by atoms with E-state index >= 15 is 0 Å². The molecule has 0 aliphatic carbocycles. The van der Waals surface area contributed by atoms with E-state index in [-0.39, 0.29) is 18.3 Å². The number of hydrogen-bond acceptors (Lipinski definition) is 3. The Bertz CT molecular complexity index is 447. The van der Waals surface area contributed by atoms with Gasteiger partial charge in [-0.25, -0.2) is 0 Å². The first-order chi connectivity index (χ1) is 9.36. The summed E-state index contributed by atoms with van der Waals surface area (Å²) in [5.74, 6) is 0. The van der Waals surface area contributed by atoms with Crippen LogP contribution in [0.25, 0.3) is 6.08 Å². The maximum Gasteiger partial charge on any atom is 0.490 e.